The smallest absolute Gasteiger partial charge is 0.261 e. The maximum atomic E-state index is 13.0. The number of H-pyrrole nitrogens is 1. The number of hydrogen-bond acceptors (Lipinski definition) is 5. The Morgan fingerprint density at radius 1 is 1.08 bits per heavy atom. The first-order valence-electron chi connectivity index (χ1n) is 7.00. The zero-order valence-electron chi connectivity index (χ0n) is 12.6. The van der Waals surface area contributed by atoms with Gasteiger partial charge in [0.1, 0.15) is 12.1 Å². The van der Waals surface area contributed by atoms with Gasteiger partial charge >= 0.3 is 0 Å². The fraction of sp³-hybridized carbons (Fsp3) is 0. The number of hydrogen-bond donors (Lipinski definition) is 3. The predicted molar refractivity (Wildman–Crippen MR) is 88.0 cm³/mol. The van der Waals surface area contributed by atoms with E-state index in [0.29, 0.717) is 0 Å². The molecule has 0 saturated carbocycles. The Morgan fingerprint density at radius 3 is 2.48 bits per heavy atom. The molecule has 25 heavy (non-hydrogen) atoms. The lowest BCUT2D eigenvalue weighted by Gasteiger charge is -2.12. The van der Waals surface area contributed by atoms with E-state index >= 15 is 0 Å². The largest absolute Gasteiger partial charge is 0.291 e. The predicted octanol–water partition coefficient (Wildman–Crippen LogP) is 2.00. The summed E-state index contributed by atoms with van der Waals surface area (Å²) < 4.78 is 40.1. The molecule has 0 aliphatic carbocycles. The van der Waals surface area contributed by atoms with Crippen LogP contribution in [0.4, 0.5) is 16.0 Å². The van der Waals surface area contributed by atoms with Crippen LogP contribution >= 0.6 is 0 Å². The SMILES string of the molecule is O=C(Nc1ncn[nH]1)c1ccccc1NS(=O)(=O)c1ccc(F)cc1. The number of carbonyl (C=O) groups excluding carboxylic acids is 1. The third kappa shape index (κ3) is 3.80. The molecule has 0 aliphatic rings. The van der Waals surface area contributed by atoms with Crippen molar-refractivity contribution in [2.45, 2.75) is 4.90 Å². The molecule has 0 radical (unpaired) electrons. The van der Waals surface area contributed by atoms with Crippen LogP contribution in [0.2, 0.25) is 0 Å². The van der Waals surface area contributed by atoms with Gasteiger partial charge in [-0.3, -0.25) is 14.8 Å². The first-order chi connectivity index (χ1) is 12.0. The van der Waals surface area contributed by atoms with Gasteiger partial charge in [-0.05, 0) is 36.4 Å². The van der Waals surface area contributed by atoms with Crippen molar-refractivity contribution in [2.75, 3.05) is 10.0 Å². The molecule has 0 unspecified atom stereocenters. The van der Waals surface area contributed by atoms with Gasteiger partial charge < -0.3 is 0 Å². The van der Waals surface area contributed by atoms with Crippen LogP contribution < -0.4 is 10.0 Å². The van der Waals surface area contributed by atoms with Gasteiger partial charge in [0.15, 0.2) is 0 Å². The van der Waals surface area contributed by atoms with Crippen LogP contribution in [-0.2, 0) is 10.0 Å². The molecule has 1 amide bonds. The van der Waals surface area contributed by atoms with E-state index in [1.165, 1.54) is 18.5 Å². The van der Waals surface area contributed by atoms with Crippen molar-refractivity contribution in [3.05, 3.63) is 66.2 Å². The molecule has 0 atom stereocenters. The van der Waals surface area contributed by atoms with E-state index in [1.807, 2.05) is 0 Å². The lowest BCUT2D eigenvalue weighted by Crippen LogP contribution is -2.19. The summed E-state index contributed by atoms with van der Waals surface area (Å²) in [6.45, 7) is 0. The molecule has 0 spiro atoms. The van der Waals surface area contributed by atoms with Crippen LogP contribution in [0.15, 0.2) is 59.8 Å². The summed E-state index contributed by atoms with van der Waals surface area (Å²) in [6.07, 6.45) is 1.22. The molecule has 1 heterocycles. The molecular weight excluding hydrogens is 349 g/mol. The van der Waals surface area contributed by atoms with E-state index in [0.717, 1.165) is 24.3 Å². The molecular formula is C15H12FN5O3S. The van der Waals surface area contributed by atoms with Gasteiger partial charge in [-0.1, -0.05) is 12.1 Å². The number of anilines is 2. The third-order valence-corrected chi connectivity index (χ3v) is 4.57. The minimum Gasteiger partial charge on any atom is -0.291 e. The number of aromatic nitrogens is 3. The topological polar surface area (TPSA) is 117 Å². The third-order valence-electron chi connectivity index (χ3n) is 3.19. The normalized spacial score (nSPS) is 11.1. The van der Waals surface area contributed by atoms with E-state index < -0.39 is 21.7 Å². The molecule has 8 nitrogen and oxygen atoms in total. The van der Waals surface area contributed by atoms with Crippen LogP contribution in [0.1, 0.15) is 10.4 Å². The lowest BCUT2D eigenvalue weighted by atomic mass is 10.2. The molecule has 3 aromatic rings. The number of carbonyl (C=O) groups is 1. The minimum atomic E-state index is -3.98. The second-order valence-corrected chi connectivity index (χ2v) is 6.58. The highest BCUT2D eigenvalue weighted by Crippen LogP contribution is 2.21. The zero-order chi connectivity index (χ0) is 17.9. The molecule has 128 valence electrons. The number of para-hydroxylation sites is 1. The van der Waals surface area contributed by atoms with Crippen molar-refractivity contribution in [1.29, 1.82) is 0 Å². The minimum absolute atomic E-state index is 0.0730. The number of amides is 1. The van der Waals surface area contributed by atoms with Crippen LogP contribution in [0.3, 0.4) is 0 Å². The van der Waals surface area contributed by atoms with Crippen LogP contribution in [0.25, 0.3) is 0 Å². The van der Waals surface area contributed by atoms with Gasteiger partial charge in [-0.15, -0.1) is 0 Å². The average Bonchev–Trinajstić information content (AvgIpc) is 3.08. The summed E-state index contributed by atoms with van der Waals surface area (Å²) in [7, 11) is -3.98. The van der Waals surface area contributed by atoms with E-state index in [2.05, 4.69) is 25.2 Å². The van der Waals surface area contributed by atoms with Gasteiger partial charge in [-0.25, -0.2) is 17.9 Å². The second-order valence-electron chi connectivity index (χ2n) is 4.89. The number of benzene rings is 2. The summed E-state index contributed by atoms with van der Waals surface area (Å²) in [5.41, 5.74) is 0.161. The van der Waals surface area contributed by atoms with E-state index in [1.54, 1.807) is 12.1 Å². The highest BCUT2D eigenvalue weighted by molar-refractivity contribution is 7.92. The summed E-state index contributed by atoms with van der Waals surface area (Å²) in [5.74, 6) is -0.999. The molecule has 3 rings (SSSR count). The number of rotatable bonds is 5. The Hall–Kier alpha value is -3.27. The number of halogens is 1. The Kier molecular flexibility index (Phi) is 4.44. The van der Waals surface area contributed by atoms with Crippen molar-refractivity contribution >= 4 is 27.6 Å². The quantitative estimate of drug-likeness (QED) is 0.642. The highest BCUT2D eigenvalue weighted by Gasteiger charge is 2.19. The zero-order valence-corrected chi connectivity index (χ0v) is 13.4. The molecule has 0 saturated heterocycles. The Balaban J connectivity index is 1.88. The molecule has 10 heteroatoms. The Bertz CT molecular complexity index is 988. The van der Waals surface area contributed by atoms with Crippen molar-refractivity contribution in [2.24, 2.45) is 0 Å². The monoisotopic (exact) mass is 361 g/mol. The van der Waals surface area contributed by atoms with Crippen molar-refractivity contribution in [1.82, 2.24) is 15.2 Å². The van der Waals surface area contributed by atoms with Crippen LogP contribution in [-0.4, -0.2) is 29.5 Å². The molecule has 0 bridgehead atoms. The van der Waals surface area contributed by atoms with Crippen LogP contribution in [0, 0.1) is 5.82 Å². The second kappa shape index (κ2) is 6.69. The Morgan fingerprint density at radius 2 is 1.80 bits per heavy atom. The highest BCUT2D eigenvalue weighted by atomic mass is 32.2. The summed E-state index contributed by atoms with van der Waals surface area (Å²) in [6, 6.07) is 10.4. The van der Waals surface area contributed by atoms with Gasteiger partial charge in [0, 0.05) is 0 Å². The maximum absolute atomic E-state index is 13.0. The van der Waals surface area contributed by atoms with Crippen molar-refractivity contribution < 1.29 is 17.6 Å². The number of aromatic amines is 1. The molecule has 0 aliphatic heterocycles. The molecule has 1 aromatic heterocycles. The summed E-state index contributed by atoms with van der Waals surface area (Å²) >= 11 is 0. The lowest BCUT2D eigenvalue weighted by molar-refractivity contribution is 0.102. The number of nitrogens with zero attached hydrogens (tertiary/aromatic N) is 2. The number of nitrogens with one attached hydrogen (secondary N) is 3. The van der Waals surface area contributed by atoms with Crippen LogP contribution in [0.5, 0.6) is 0 Å². The van der Waals surface area contributed by atoms with Gasteiger partial charge in [0.25, 0.3) is 15.9 Å². The first kappa shape index (κ1) is 16.6. The van der Waals surface area contributed by atoms with Crippen molar-refractivity contribution in [3.8, 4) is 0 Å². The standard InChI is InChI=1S/C15H12FN5O3S/c16-10-5-7-11(8-6-10)25(23,24)21-13-4-2-1-3-12(13)14(22)19-15-17-9-18-20-15/h1-9,21H,(H2,17,18,19,20,22). The first-order valence-corrected chi connectivity index (χ1v) is 8.48. The maximum Gasteiger partial charge on any atom is 0.261 e. The summed E-state index contributed by atoms with van der Waals surface area (Å²) in [5, 5.41) is 8.53. The van der Waals surface area contributed by atoms with Crippen molar-refractivity contribution in [3.63, 3.8) is 0 Å². The average molecular weight is 361 g/mol. The summed E-state index contributed by atoms with van der Waals surface area (Å²) in [4.78, 5) is 16.0. The van der Waals surface area contributed by atoms with E-state index in [4.69, 9.17) is 0 Å². The number of sulfonamides is 1. The Labute approximate surface area is 142 Å². The van der Waals surface area contributed by atoms with Gasteiger partial charge in [0.2, 0.25) is 5.95 Å². The van der Waals surface area contributed by atoms with E-state index in [-0.39, 0.29) is 22.1 Å². The molecule has 0 fully saturated rings. The molecule has 3 N–H and O–H groups in total. The van der Waals surface area contributed by atoms with E-state index in [9.17, 15) is 17.6 Å². The van der Waals surface area contributed by atoms with Gasteiger partial charge in [-0.2, -0.15) is 10.1 Å². The fourth-order valence-corrected chi connectivity index (χ4v) is 3.11. The van der Waals surface area contributed by atoms with Gasteiger partial charge in [0.05, 0.1) is 16.1 Å². The fourth-order valence-electron chi connectivity index (χ4n) is 2.03. The molecule has 2 aromatic carbocycles.